The molecule has 0 saturated heterocycles. The molecule has 13 heavy (non-hydrogen) atoms. The van der Waals surface area contributed by atoms with Crippen LogP contribution in [0.1, 0.15) is 47.0 Å². The van der Waals surface area contributed by atoms with Gasteiger partial charge in [-0.05, 0) is 32.6 Å². The van der Waals surface area contributed by atoms with Gasteiger partial charge in [0.05, 0.1) is 0 Å². The average Bonchev–Trinajstić information content (AvgIpc) is 1.81. The zero-order valence-electron chi connectivity index (χ0n) is 9.09. The number of amides is 1. The van der Waals surface area contributed by atoms with E-state index in [0.717, 1.165) is 19.3 Å². The third-order valence-electron chi connectivity index (χ3n) is 1.94. The minimum Gasteiger partial charge on any atom is -0.444 e. The van der Waals surface area contributed by atoms with Crippen molar-refractivity contribution in [3.63, 3.8) is 0 Å². The molecule has 0 atom stereocenters. The Labute approximate surface area is 80.6 Å². The molecule has 0 heterocycles. The smallest absolute Gasteiger partial charge is 0.405 e. The van der Waals surface area contributed by atoms with E-state index in [1.54, 1.807) is 0 Å². The van der Waals surface area contributed by atoms with Crippen molar-refractivity contribution in [2.45, 2.75) is 52.6 Å². The molecular formula is C10H21NO2. The molecule has 0 spiro atoms. The topological polar surface area (TPSA) is 52.3 Å². The highest BCUT2D eigenvalue weighted by Crippen LogP contribution is 2.19. The number of hydrogen-bond acceptors (Lipinski definition) is 2. The molecule has 3 heteroatoms. The van der Waals surface area contributed by atoms with Crippen LogP contribution in [-0.2, 0) is 4.74 Å². The minimum absolute atomic E-state index is 0.416. The molecule has 0 fully saturated rings. The van der Waals surface area contributed by atoms with E-state index in [-0.39, 0.29) is 0 Å². The molecule has 3 nitrogen and oxygen atoms in total. The first-order valence-electron chi connectivity index (χ1n) is 4.82. The van der Waals surface area contributed by atoms with Crippen molar-refractivity contribution < 1.29 is 9.53 Å². The summed E-state index contributed by atoms with van der Waals surface area (Å²) in [5.74, 6) is 0.698. The molecule has 1 amide bonds. The number of carbonyl (C=O) groups excluding carboxylic acids is 1. The maximum Gasteiger partial charge on any atom is 0.405 e. The van der Waals surface area contributed by atoms with Crippen LogP contribution in [0.5, 0.6) is 0 Å². The molecule has 0 aromatic heterocycles. The third-order valence-corrected chi connectivity index (χ3v) is 1.94. The summed E-state index contributed by atoms with van der Waals surface area (Å²) in [5.41, 5.74) is 4.53. The molecular weight excluding hydrogens is 166 g/mol. The highest BCUT2D eigenvalue weighted by Gasteiger charge is 2.20. The Morgan fingerprint density at radius 3 is 2.38 bits per heavy atom. The fourth-order valence-corrected chi connectivity index (χ4v) is 1.26. The Morgan fingerprint density at radius 2 is 2.00 bits per heavy atom. The predicted octanol–water partition coefficient (Wildman–Crippen LogP) is 2.69. The van der Waals surface area contributed by atoms with Crippen molar-refractivity contribution >= 4 is 6.09 Å². The minimum atomic E-state index is -0.686. The van der Waals surface area contributed by atoms with Gasteiger partial charge in [0.15, 0.2) is 0 Å². The average molecular weight is 187 g/mol. The largest absolute Gasteiger partial charge is 0.444 e. The van der Waals surface area contributed by atoms with Gasteiger partial charge < -0.3 is 10.5 Å². The van der Waals surface area contributed by atoms with E-state index >= 15 is 0 Å². The molecule has 0 aliphatic heterocycles. The Hall–Kier alpha value is -0.730. The fraction of sp³-hybridized carbons (Fsp3) is 0.900. The van der Waals surface area contributed by atoms with Gasteiger partial charge in [-0.25, -0.2) is 4.79 Å². The van der Waals surface area contributed by atoms with Gasteiger partial charge in [-0.15, -0.1) is 0 Å². The molecule has 0 saturated carbocycles. The number of primary amides is 1. The summed E-state index contributed by atoms with van der Waals surface area (Å²) in [4.78, 5) is 10.5. The lowest BCUT2D eigenvalue weighted by Gasteiger charge is -2.24. The lowest BCUT2D eigenvalue weighted by atomic mass is 9.97. The van der Waals surface area contributed by atoms with Gasteiger partial charge in [-0.3, -0.25) is 0 Å². The standard InChI is InChI=1S/C10H21NO2/c1-8(2)6-5-7-10(3,4)13-9(11)12/h8H,5-7H2,1-4H3,(H2,11,12). The van der Waals surface area contributed by atoms with Crippen molar-refractivity contribution in [2.24, 2.45) is 11.7 Å². The van der Waals surface area contributed by atoms with Crippen LogP contribution in [0.15, 0.2) is 0 Å². The highest BCUT2D eigenvalue weighted by molar-refractivity contribution is 5.65. The van der Waals surface area contributed by atoms with Gasteiger partial charge in [0.2, 0.25) is 0 Å². The van der Waals surface area contributed by atoms with E-state index < -0.39 is 11.7 Å². The summed E-state index contributed by atoms with van der Waals surface area (Å²) < 4.78 is 4.96. The van der Waals surface area contributed by atoms with Gasteiger partial charge in [0.1, 0.15) is 5.60 Å². The first kappa shape index (κ1) is 12.3. The normalized spacial score (nSPS) is 11.8. The second-order valence-electron chi connectivity index (χ2n) is 4.47. The number of carbonyl (C=O) groups is 1. The van der Waals surface area contributed by atoms with E-state index in [4.69, 9.17) is 10.5 Å². The molecule has 0 aliphatic carbocycles. The quantitative estimate of drug-likeness (QED) is 0.719. The Bertz CT molecular complexity index is 164. The van der Waals surface area contributed by atoms with E-state index in [0.29, 0.717) is 5.92 Å². The molecule has 2 N–H and O–H groups in total. The van der Waals surface area contributed by atoms with Gasteiger partial charge >= 0.3 is 6.09 Å². The van der Waals surface area contributed by atoms with E-state index in [1.807, 2.05) is 13.8 Å². The van der Waals surface area contributed by atoms with Crippen molar-refractivity contribution in [2.75, 3.05) is 0 Å². The fourth-order valence-electron chi connectivity index (χ4n) is 1.26. The molecule has 0 aromatic carbocycles. The van der Waals surface area contributed by atoms with Crippen molar-refractivity contribution in [1.29, 1.82) is 0 Å². The summed E-state index contributed by atoms with van der Waals surface area (Å²) >= 11 is 0. The summed E-state index contributed by atoms with van der Waals surface area (Å²) in [6, 6.07) is 0. The first-order chi connectivity index (χ1) is 5.83. The van der Waals surface area contributed by atoms with Crippen LogP contribution >= 0.6 is 0 Å². The SMILES string of the molecule is CC(C)CCCC(C)(C)OC(N)=O. The zero-order chi connectivity index (χ0) is 10.5. The predicted molar refractivity (Wildman–Crippen MR) is 53.4 cm³/mol. The summed E-state index contributed by atoms with van der Waals surface area (Å²) in [7, 11) is 0. The Balaban J connectivity index is 3.69. The van der Waals surface area contributed by atoms with Crippen molar-refractivity contribution in [3.05, 3.63) is 0 Å². The van der Waals surface area contributed by atoms with Crippen LogP contribution in [0.25, 0.3) is 0 Å². The van der Waals surface area contributed by atoms with Crippen LogP contribution in [0.3, 0.4) is 0 Å². The van der Waals surface area contributed by atoms with Crippen LogP contribution in [0.4, 0.5) is 4.79 Å². The van der Waals surface area contributed by atoms with E-state index in [9.17, 15) is 4.79 Å². The number of ether oxygens (including phenoxy) is 1. The van der Waals surface area contributed by atoms with Crippen molar-refractivity contribution in [3.8, 4) is 0 Å². The number of hydrogen-bond donors (Lipinski definition) is 1. The van der Waals surface area contributed by atoms with Crippen LogP contribution < -0.4 is 5.73 Å². The molecule has 0 radical (unpaired) electrons. The Morgan fingerprint density at radius 1 is 1.46 bits per heavy atom. The summed E-state index contributed by atoms with van der Waals surface area (Å²) in [6.45, 7) is 8.14. The summed E-state index contributed by atoms with van der Waals surface area (Å²) in [5, 5.41) is 0. The monoisotopic (exact) mass is 187 g/mol. The molecule has 0 aromatic rings. The maximum atomic E-state index is 10.5. The summed E-state index contributed by atoms with van der Waals surface area (Å²) in [6.07, 6.45) is 2.41. The third kappa shape index (κ3) is 7.62. The van der Waals surface area contributed by atoms with E-state index in [1.165, 1.54) is 0 Å². The molecule has 0 unspecified atom stereocenters. The van der Waals surface area contributed by atoms with Crippen molar-refractivity contribution in [1.82, 2.24) is 0 Å². The second kappa shape index (κ2) is 5.10. The number of rotatable bonds is 5. The highest BCUT2D eigenvalue weighted by atomic mass is 16.6. The second-order valence-corrected chi connectivity index (χ2v) is 4.47. The van der Waals surface area contributed by atoms with Crippen LogP contribution in [-0.4, -0.2) is 11.7 Å². The van der Waals surface area contributed by atoms with Crippen LogP contribution in [0, 0.1) is 5.92 Å². The maximum absolute atomic E-state index is 10.5. The molecule has 78 valence electrons. The van der Waals surface area contributed by atoms with Gasteiger partial charge in [0, 0.05) is 0 Å². The van der Waals surface area contributed by atoms with Gasteiger partial charge in [-0.1, -0.05) is 20.3 Å². The van der Waals surface area contributed by atoms with Crippen LogP contribution in [0.2, 0.25) is 0 Å². The Kier molecular flexibility index (Phi) is 4.81. The van der Waals surface area contributed by atoms with E-state index in [2.05, 4.69) is 13.8 Å². The van der Waals surface area contributed by atoms with Gasteiger partial charge in [-0.2, -0.15) is 0 Å². The molecule has 0 bridgehead atoms. The lowest BCUT2D eigenvalue weighted by molar-refractivity contribution is 0.0367. The zero-order valence-corrected chi connectivity index (χ0v) is 9.09. The first-order valence-corrected chi connectivity index (χ1v) is 4.82. The lowest BCUT2D eigenvalue weighted by Crippen LogP contribution is -2.31. The number of nitrogens with two attached hydrogens (primary N) is 1. The van der Waals surface area contributed by atoms with Gasteiger partial charge in [0.25, 0.3) is 0 Å². The molecule has 0 rings (SSSR count). The molecule has 0 aliphatic rings.